The average molecular weight is 442 g/mol. The second-order valence-corrected chi connectivity index (χ2v) is 9.85. The Morgan fingerprint density at radius 1 is 1.07 bits per heavy atom. The van der Waals surface area contributed by atoms with Gasteiger partial charge in [-0.25, -0.2) is 18.4 Å². The lowest BCUT2D eigenvalue weighted by Crippen LogP contribution is -2.35. The lowest BCUT2D eigenvalue weighted by atomic mass is 9.91. The van der Waals surface area contributed by atoms with Crippen molar-refractivity contribution >= 4 is 15.8 Å². The number of sulfone groups is 1. The number of piperidine rings is 1. The van der Waals surface area contributed by atoms with Gasteiger partial charge in [0.2, 0.25) is 5.95 Å². The molecule has 30 heavy (non-hydrogen) atoms. The molecule has 0 radical (unpaired) electrons. The van der Waals surface area contributed by atoms with Gasteiger partial charge in [-0.05, 0) is 55.4 Å². The molecular formula is C21H26F3N3O2S. The van der Waals surface area contributed by atoms with Crippen LogP contribution in [0.2, 0.25) is 0 Å². The van der Waals surface area contributed by atoms with Crippen LogP contribution < -0.4 is 4.90 Å². The van der Waals surface area contributed by atoms with Gasteiger partial charge in [0, 0.05) is 25.5 Å². The zero-order chi connectivity index (χ0) is 21.8. The normalized spacial score (nSPS) is 16.1. The van der Waals surface area contributed by atoms with Gasteiger partial charge in [-0.1, -0.05) is 25.0 Å². The minimum Gasteiger partial charge on any atom is -0.341 e. The summed E-state index contributed by atoms with van der Waals surface area (Å²) < 4.78 is 61.5. The topological polar surface area (TPSA) is 63.2 Å². The molecule has 1 aromatic heterocycles. The zero-order valence-electron chi connectivity index (χ0n) is 16.9. The molecule has 9 heteroatoms. The molecular weight excluding hydrogens is 415 g/mol. The fourth-order valence-electron chi connectivity index (χ4n) is 3.75. The Labute approximate surface area is 175 Å². The van der Waals surface area contributed by atoms with E-state index in [1.54, 1.807) is 12.1 Å². The number of benzene rings is 1. The molecule has 1 saturated heterocycles. The number of rotatable bonds is 7. The predicted octanol–water partition coefficient (Wildman–Crippen LogP) is 4.53. The van der Waals surface area contributed by atoms with E-state index in [0.29, 0.717) is 23.9 Å². The highest BCUT2D eigenvalue weighted by atomic mass is 32.2. The third kappa shape index (κ3) is 6.17. The highest BCUT2D eigenvalue weighted by Gasteiger charge is 2.33. The second-order valence-electron chi connectivity index (χ2n) is 7.83. The van der Waals surface area contributed by atoms with Crippen molar-refractivity contribution in [2.45, 2.75) is 49.6 Å². The van der Waals surface area contributed by atoms with Crippen molar-refractivity contribution in [2.75, 3.05) is 24.2 Å². The summed E-state index contributed by atoms with van der Waals surface area (Å²) in [7, 11) is -3.16. The maximum atomic E-state index is 12.8. The zero-order valence-corrected chi connectivity index (χ0v) is 17.7. The van der Waals surface area contributed by atoms with E-state index >= 15 is 0 Å². The first-order valence-corrected chi connectivity index (χ1v) is 12.0. The van der Waals surface area contributed by atoms with E-state index in [0.717, 1.165) is 50.2 Å². The number of hydrogen-bond donors (Lipinski definition) is 0. The lowest BCUT2D eigenvalue weighted by molar-refractivity contribution is -0.141. The van der Waals surface area contributed by atoms with E-state index < -0.39 is 21.7 Å². The van der Waals surface area contributed by atoms with Gasteiger partial charge >= 0.3 is 6.18 Å². The quantitative estimate of drug-likeness (QED) is 0.591. The molecule has 164 valence electrons. The first-order chi connectivity index (χ1) is 14.1. The number of aromatic nitrogens is 2. The number of hydrogen-bond acceptors (Lipinski definition) is 5. The Hall–Kier alpha value is -2.16. The van der Waals surface area contributed by atoms with Crippen molar-refractivity contribution in [3.8, 4) is 0 Å². The summed E-state index contributed by atoms with van der Waals surface area (Å²) in [6.45, 7) is 1.33. The van der Waals surface area contributed by atoms with E-state index in [9.17, 15) is 21.6 Å². The molecule has 2 heterocycles. The highest BCUT2D eigenvalue weighted by Crippen LogP contribution is 2.30. The molecule has 1 aromatic carbocycles. The van der Waals surface area contributed by atoms with Gasteiger partial charge in [-0.2, -0.15) is 13.2 Å². The van der Waals surface area contributed by atoms with Gasteiger partial charge < -0.3 is 4.90 Å². The molecule has 1 aliphatic rings. The van der Waals surface area contributed by atoms with Crippen molar-refractivity contribution in [1.82, 2.24) is 9.97 Å². The van der Waals surface area contributed by atoms with E-state index in [-0.39, 0.29) is 5.95 Å². The van der Waals surface area contributed by atoms with Crippen LogP contribution in [-0.4, -0.2) is 37.7 Å². The Bertz CT molecular complexity index is 939. The molecule has 0 spiro atoms. The maximum Gasteiger partial charge on any atom is 0.433 e. The second kappa shape index (κ2) is 9.32. The molecule has 0 amide bonds. The van der Waals surface area contributed by atoms with Crippen molar-refractivity contribution in [1.29, 1.82) is 0 Å². The highest BCUT2D eigenvalue weighted by molar-refractivity contribution is 7.90. The van der Waals surface area contributed by atoms with E-state index in [1.165, 1.54) is 12.5 Å². The maximum absolute atomic E-state index is 12.8. The molecule has 0 bridgehead atoms. The Morgan fingerprint density at radius 2 is 1.73 bits per heavy atom. The summed E-state index contributed by atoms with van der Waals surface area (Å²) in [5.74, 6) is 0.709. The van der Waals surface area contributed by atoms with Crippen LogP contribution in [0.3, 0.4) is 0 Å². The lowest BCUT2D eigenvalue weighted by Gasteiger charge is -2.32. The minimum absolute atomic E-state index is 0.154. The molecule has 2 aromatic rings. The Morgan fingerprint density at radius 3 is 2.33 bits per heavy atom. The van der Waals surface area contributed by atoms with Crippen LogP contribution in [0.25, 0.3) is 0 Å². The molecule has 0 atom stereocenters. The van der Waals surface area contributed by atoms with Gasteiger partial charge in [0.25, 0.3) is 0 Å². The van der Waals surface area contributed by atoms with Crippen LogP contribution in [0.1, 0.15) is 43.4 Å². The smallest absolute Gasteiger partial charge is 0.341 e. The Kier molecular flexibility index (Phi) is 7.00. The van der Waals surface area contributed by atoms with Crippen molar-refractivity contribution in [3.63, 3.8) is 0 Å². The van der Waals surface area contributed by atoms with Crippen molar-refractivity contribution in [2.24, 2.45) is 5.92 Å². The average Bonchev–Trinajstić information content (AvgIpc) is 2.71. The number of aryl methyl sites for hydroxylation is 1. The number of anilines is 1. The number of nitrogens with zero attached hydrogens (tertiary/aromatic N) is 3. The summed E-state index contributed by atoms with van der Waals surface area (Å²) in [6, 6.07) is 7.92. The Balaban J connectivity index is 1.40. The fourth-order valence-corrected chi connectivity index (χ4v) is 4.38. The fraction of sp³-hybridized carbons (Fsp3) is 0.524. The van der Waals surface area contributed by atoms with Crippen LogP contribution >= 0.6 is 0 Å². The standard InChI is InChI=1S/C21H26F3N3O2S/c1-30(28,29)18-8-6-16(7-9-18)4-2-3-5-17-11-14-27(15-12-17)20-25-13-10-19(26-20)21(22,23)24/h6-10,13,17H,2-5,11-12,14-15H2,1H3. The summed E-state index contributed by atoms with van der Waals surface area (Å²) in [4.78, 5) is 9.85. The third-order valence-electron chi connectivity index (χ3n) is 5.51. The van der Waals surface area contributed by atoms with Crippen molar-refractivity contribution < 1.29 is 21.6 Å². The molecule has 1 aliphatic heterocycles. The first kappa shape index (κ1) is 22.5. The summed E-state index contributed by atoms with van der Waals surface area (Å²) in [5.41, 5.74) is 0.220. The number of unbranched alkanes of at least 4 members (excludes halogenated alkanes) is 1. The monoisotopic (exact) mass is 441 g/mol. The van der Waals surface area contributed by atoms with Gasteiger partial charge in [-0.3, -0.25) is 0 Å². The van der Waals surface area contributed by atoms with Gasteiger partial charge in [0.1, 0.15) is 5.69 Å². The van der Waals surface area contributed by atoms with Crippen LogP contribution in [-0.2, 0) is 22.4 Å². The minimum atomic E-state index is -4.46. The van der Waals surface area contributed by atoms with Crippen LogP contribution in [0.15, 0.2) is 41.4 Å². The SMILES string of the molecule is CS(=O)(=O)c1ccc(CCCCC2CCN(c3nccc(C(F)(F)F)n3)CC2)cc1. The van der Waals surface area contributed by atoms with Crippen LogP contribution in [0, 0.1) is 5.92 Å². The molecule has 5 nitrogen and oxygen atoms in total. The molecule has 3 rings (SSSR count). The summed E-state index contributed by atoms with van der Waals surface area (Å²) in [6.07, 6.45) is 3.83. The van der Waals surface area contributed by atoms with Gasteiger partial charge in [-0.15, -0.1) is 0 Å². The van der Waals surface area contributed by atoms with Gasteiger partial charge in [0.15, 0.2) is 9.84 Å². The van der Waals surface area contributed by atoms with Gasteiger partial charge in [0.05, 0.1) is 4.90 Å². The third-order valence-corrected chi connectivity index (χ3v) is 6.64. The predicted molar refractivity (Wildman–Crippen MR) is 109 cm³/mol. The molecule has 1 fully saturated rings. The molecule has 0 N–H and O–H groups in total. The van der Waals surface area contributed by atoms with Crippen LogP contribution in [0.4, 0.5) is 19.1 Å². The molecule has 0 saturated carbocycles. The summed E-state index contributed by atoms with van der Waals surface area (Å²) in [5, 5.41) is 0. The van der Waals surface area contributed by atoms with Crippen LogP contribution in [0.5, 0.6) is 0 Å². The molecule has 0 unspecified atom stereocenters. The van der Waals surface area contributed by atoms with E-state index in [4.69, 9.17) is 0 Å². The van der Waals surface area contributed by atoms with E-state index in [1.807, 2.05) is 17.0 Å². The largest absolute Gasteiger partial charge is 0.433 e. The number of alkyl halides is 3. The van der Waals surface area contributed by atoms with E-state index in [2.05, 4.69) is 9.97 Å². The first-order valence-electron chi connectivity index (χ1n) is 10.1. The molecule has 0 aliphatic carbocycles. The van der Waals surface area contributed by atoms with Crippen molar-refractivity contribution in [3.05, 3.63) is 47.8 Å². The number of halogens is 3. The summed E-state index contributed by atoms with van der Waals surface area (Å²) >= 11 is 0.